The number of phenols is 2. The third-order valence-electron chi connectivity index (χ3n) is 6.53. The Morgan fingerprint density at radius 1 is 1.33 bits per heavy atom. The van der Waals surface area contributed by atoms with Crippen molar-refractivity contribution in [3.8, 4) is 11.5 Å². The molecule has 1 fully saturated rings. The van der Waals surface area contributed by atoms with Gasteiger partial charge in [0.1, 0.15) is 0 Å². The van der Waals surface area contributed by atoms with Crippen molar-refractivity contribution in [2.24, 2.45) is 5.92 Å². The lowest BCUT2D eigenvalue weighted by Gasteiger charge is -2.58. The van der Waals surface area contributed by atoms with E-state index in [-0.39, 0.29) is 41.8 Å². The van der Waals surface area contributed by atoms with Crippen LogP contribution in [-0.2, 0) is 19.7 Å². The van der Waals surface area contributed by atoms with Crippen LogP contribution in [-0.4, -0.2) is 54.2 Å². The average molecular weight is 373 g/mol. The van der Waals surface area contributed by atoms with Gasteiger partial charge in [0, 0.05) is 36.0 Å². The van der Waals surface area contributed by atoms with E-state index in [9.17, 15) is 15.0 Å². The molecular weight excluding hydrogens is 346 g/mol. The Labute approximate surface area is 159 Å². The molecule has 0 unspecified atom stereocenters. The van der Waals surface area contributed by atoms with Gasteiger partial charge in [-0.15, -0.1) is 0 Å². The molecule has 1 aromatic rings. The molecule has 6 heteroatoms. The Morgan fingerprint density at radius 3 is 2.81 bits per heavy atom. The number of fused-ring (bicyclic) bond motifs is 1. The highest BCUT2D eigenvalue weighted by Crippen LogP contribution is 2.60. The summed E-state index contributed by atoms with van der Waals surface area (Å²) in [7, 11) is 3.60. The predicted octanol–water partition coefficient (Wildman–Crippen LogP) is 2.64. The number of ketones is 1. The third kappa shape index (κ3) is 2.50. The van der Waals surface area contributed by atoms with Gasteiger partial charge in [0.25, 0.3) is 0 Å². The quantitative estimate of drug-likeness (QED) is 0.790. The van der Waals surface area contributed by atoms with Crippen LogP contribution in [0.2, 0.25) is 0 Å². The molecule has 2 N–H and O–H groups in total. The van der Waals surface area contributed by atoms with E-state index in [0.29, 0.717) is 17.9 Å². The summed E-state index contributed by atoms with van der Waals surface area (Å²) in [5.74, 6) is 0.0213. The molecule has 1 aliphatic heterocycles. The maximum atomic E-state index is 12.7. The second-order valence-electron chi connectivity index (χ2n) is 7.93. The Hall–Kier alpha value is -2.05. The van der Waals surface area contributed by atoms with Crippen LogP contribution < -0.4 is 0 Å². The lowest BCUT2D eigenvalue weighted by Crippen LogP contribution is -2.62. The van der Waals surface area contributed by atoms with Crippen molar-refractivity contribution in [3.63, 3.8) is 0 Å². The smallest absolute Gasteiger partial charge is 0.197 e. The Bertz CT molecular complexity index is 804. The summed E-state index contributed by atoms with van der Waals surface area (Å²) in [4.78, 5) is 15.0. The summed E-state index contributed by atoms with van der Waals surface area (Å²) < 4.78 is 11.6. The fourth-order valence-electron chi connectivity index (χ4n) is 5.34. The van der Waals surface area contributed by atoms with Crippen LogP contribution in [0, 0.1) is 5.92 Å². The number of nitrogens with zero attached hydrogens (tertiary/aromatic N) is 1. The topological polar surface area (TPSA) is 79.2 Å². The zero-order chi connectivity index (χ0) is 19.3. The zero-order valence-corrected chi connectivity index (χ0v) is 16.1. The van der Waals surface area contributed by atoms with Gasteiger partial charge in [-0.1, -0.05) is 13.0 Å². The van der Waals surface area contributed by atoms with Crippen LogP contribution in [0.25, 0.3) is 0 Å². The van der Waals surface area contributed by atoms with Crippen LogP contribution in [0.1, 0.15) is 43.4 Å². The minimum atomic E-state index is -0.541. The monoisotopic (exact) mass is 373 g/mol. The lowest BCUT2D eigenvalue weighted by molar-refractivity contribution is -0.126. The first kappa shape index (κ1) is 18.3. The van der Waals surface area contributed by atoms with E-state index in [0.717, 1.165) is 24.9 Å². The number of likely N-dealkylation sites (tertiary alicyclic amines) is 1. The first-order valence-electron chi connectivity index (χ1n) is 9.60. The van der Waals surface area contributed by atoms with Gasteiger partial charge >= 0.3 is 0 Å². The van der Waals surface area contributed by atoms with Crippen LogP contribution in [0.15, 0.2) is 24.0 Å². The molecule has 1 aromatic carbocycles. The van der Waals surface area contributed by atoms with Gasteiger partial charge < -0.3 is 19.7 Å². The third-order valence-corrected chi connectivity index (χ3v) is 6.53. The molecule has 0 aromatic heterocycles. The minimum Gasteiger partial charge on any atom is -0.504 e. The first-order chi connectivity index (χ1) is 12.9. The van der Waals surface area contributed by atoms with Crippen molar-refractivity contribution in [2.75, 3.05) is 27.3 Å². The van der Waals surface area contributed by atoms with Crippen molar-refractivity contribution < 1.29 is 24.5 Å². The molecule has 27 heavy (non-hydrogen) atoms. The van der Waals surface area contributed by atoms with Crippen LogP contribution in [0.5, 0.6) is 11.5 Å². The van der Waals surface area contributed by atoms with Crippen LogP contribution in [0.3, 0.4) is 0 Å². The number of carbonyl (C=O) groups excluding carboxylic acids is 1. The summed E-state index contributed by atoms with van der Waals surface area (Å²) >= 11 is 0. The summed E-state index contributed by atoms with van der Waals surface area (Å²) in [6, 6.07) is 3.40. The average Bonchev–Trinajstić information content (AvgIpc) is 2.65. The van der Waals surface area contributed by atoms with Gasteiger partial charge in [-0.3, -0.25) is 9.69 Å². The van der Waals surface area contributed by atoms with Crippen molar-refractivity contribution >= 4 is 5.78 Å². The highest BCUT2D eigenvalue weighted by atomic mass is 16.5. The minimum absolute atomic E-state index is 0.0362. The second kappa shape index (κ2) is 6.53. The van der Waals surface area contributed by atoms with Gasteiger partial charge in [0.05, 0.1) is 13.2 Å². The molecule has 1 heterocycles. The Kier molecular flexibility index (Phi) is 4.43. The number of piperidine rings is 1. The van der Waals surface area contributed by atoms with E-state index in [1.165, 1.54) is 13.2 Å². The fraction of sp³-hybridized carbons (Fsp3) is 0.571. The normalized spacial score (nSPS) is 32.5. The van der Waals surface area contributed by atoms with E-state index in [1.807, 2.05) is 12.1 Å². The Morgan fingerprint density at radius 2 is 2.11 bits per heavy atom. The van der Waals surface area contributed by atoms with E-state index < -0.39 is 5.41 Å². The summed E-state index contributed by atoms with van der Waals surface area (Å²) in [5, 5.41) is 21.0. The van der Waals surface area contributed by atoms with Gasteiger partial charge in [0.15, 0.2) is 23.0 Å². The zero-order valence-electron chi connectivity index (χ0n) is 16.1. The number of hydrogen-bond acceptors (Lipinski definition) is 6. The second-order valence-corrected chi connectivity index (χ2v) is 7.93. The highest BCUT2D eigenvalue weighted by molar-refractivity contribution is 5.96. The number of carbonyl (C=O) groups is 1. The number of phenolic OH excluding ortho intramolecular Hbond substituents is 2. The molecule has 4 rings (SSSR count). The van der Waals surface area contributed by atoms with E-state index in [1.54, 1.807) is 0 Å². The first-order valence-corrected chi connectivity index (χ1v) is 9.60. The summed E-state index contributed by atoms with van der Waals surface area (Å²) in [6.07, 6.45) is 3.57. The van der Waals surface area contributed by atoms with Gasteiger partial charge in [-0.05, 0) is 44.1 Å². The molecule has 0 radical (unpaired) electrons. The van der Waals surface area contributed by atoms with E-state index in [2.05, 4.69) is 18.9 Å². The van der Waals surface area contributed by atoms with Crippen molar-refractivity contribution in [3.05, 3.63) is 35.1 Å². The van der Waals surface area contributed by atoms with Crippen molar-refractivity contribution in [1.82, 2.24) is 4.90 Å². The molecule has 0 spiro atoms. The summed E-state index contributed by atoms with van der Waals surface area (Å²) in [5.41, 5.74) is 1.02. The van der Waals surface area contributed by atoms with Crippen LogP contribution in [0.4, 0.5) is 0 Å². The highest BCUT2D eigenvalue weighted by Gasteiger charge is 2.59. The standard InChI is InChI=1S/C21H27NO5/c1-4-9-27-20-12-5-6-14(23)19(25)17(12)21-7-8-22(2)18(20)13(21)10-16(26-3)15(24)11-21/h5-6,10,13,18,20,23,25H,4,7-9,11H2,1-3H3/t13-,18-,20-,21-/m1/s1. The number of methoxy groups -OCH3 is 1. The molecule has 2 aliphatic carbocycles. The molecule has 6 nitrogen and oxygen atoms in total. The number of rotatable bonds is 4. The maximum absolute atomic E-state index is 12.7. The lowest BCUT2D eigenvalue weighted by atomic mass is 9.52. The predicted molar refractivity (Wildman–Crippen MR) is 99.7 cm³/mol. The van der Waals surface area contributed by atoms with E-state index >= 15 is 0 Å². The molecule has 3 aliphatic rings. The van der Waals surface area contributed by atoms with Crippen LogP contribution >= 0.6 is 0 Å². The number of likely N-dealkylation sites (N-methyl/N-ethyl adjacent to an activating group) is 1. The fourth-order valence-corrected chi connectivity index (χ4v) is 5.34. The number of benzene rings is 1. The van der Waals surface area contributed by atoms with Gasteiger partial charge in [0.2, 0.25) is 0 Å². The van der Waals surface area contributed by atoms with E-state index in [4.69, 9.17) is 9.47 Å². The number of ether oxygens (including phenoxy) is 2. The largest absolute Gasteiger partial charge is 0.504 e. The molecule has 146 valence electrons. The molecular formula is C21H27NO5. The maximum Gasteiger partial charge on any atom is 0.197 e. The molecule has 0 saturated carbocycles. The van der Waals surface area contributed by atoms with Crippen molar-refractivity contribution in [2.45, 2.75) is 43.7 Å². The van der Waals surface area contributed by atoms with Crippen molar-refractivity contribution in [1.29, 1.82) is 0 Å². The summed E-state index contributed by atoms with van der Waals surface area (Å²) in [6.45, 7) is 3.47. The van der Waals surface area contributed by atoms with Gasteiger partial charge in [-0.25, -0.2) is 0 Å². The number of Topliss-reactive ketones (excluding diaryl/α,β-unsaturated/α-hetero) is 1. The SMILES string of the molecule is CCCO[C@@H]1c2ccc(O)c(O)c2[C@@]23CCN(C)[C@@H]1[C@H]2C=C(OC)C(=O)C3. The Balaban J connectivity index is 1.98. The number of allylic oxidation sites excluding steroid dienone is 1. The molecule has 0 amide bonds. The number of hydrogen-bond donors (Lipinski definition) is 2. The number of aromatic hydroxyl groups is 2. The molecule has 4 atom stereocenters. The molecule has 1 saturated heterocycles. The van der Waals surface area contributed by atoms with Gasteiger partial charge in [-0.2, -0.15) is 0 Å². The molecule has 2 bridgehead atoms.